The number of hydrogen-bond acceptors (Lipinski definition) is 7. The number of aryl methyl sites for hydroxylation is 1. The summed E-state index contributed by atoms with van der Waals surface area (Å²) in [5.74, 6) is -0.354. The van der Waals surface area contributed by atoms with Gasteiger partial charge < -0.3 is 16.0 Å². The highest BCUT2D eigenvalue weighted by Gasteiger charge is 2.38. The SMILES string of the molecule is Cc1nnc(N[C@H](N)c2cccc(C(F)(F)F)c2F)c2cc(N3C[C@H]4CCC3CN4C)ncc12. The average Bonchev–Trinajstić information content (AvgIpc) is 2.80. The van der Waals surface area contributed by atoms with E-state index in [0.717, 1.165) is 43.2 Å². The summed E-state index contributed by atoms with van der Waals surface area (Å²) >= 11 is 0. The number of pyridine rings is 1. The van der Waals surface area contributed by atoms with E-state index in [0.29, 0.717) is 29.2 Å². The molecule has 3 fully saturated rings. The maximum atomic E-state index is 14.6. The van der Waals surface area contributed by atoms with E-state index in [2.05, 4.69) is 37.3 Å². The molecule has 3 saturated heterocycles. The molecule has 7 nitrogen and oxygen atoms in total. The van der Waals surface area contributed by atoms with Crippen molar-refractivity contribution in [2.45, 2.75) is 44.2 Å². The van der Waals surface area contributed by atoms with Gasteiger partial charge in [0, 0.05) is 47.7 Å². The number of anilines is 2. The molecule has 3 N–H and O–H groups in total. The second kappa shape index (κ2) is 8.31. The van der Waals surface area contributed by atoms with Crippen molar-refractivity contribution in [2.75, 3.05) is 30.4 Å². The van der Waals surface area contributed by atoms with Crippen LogP contribution in [0.2, 0.25) is 0 Å². The van der Waals surface area contributed by atoms with Crippen molar-refractivity contribution < 1.29 is 17.6 Å². The standard InChI is InChI=1S/C23H25F4N7/c1-12-17-9-29-19(34-11-13-6-7-14(34)10-33(13)2)8-16(17)22(32-31-12)30-21(28)15-4-3-5-18(20(15)24)23(25,26)27/h3-5,8-9,13-14,21H,6-7,10-11,28H2,1-2H3,(H,30,32)/t13-,14?,21+/m1/s1. The number of halogens is 4. The van der Waals surface area contributed by atoms with E-state index in [-0.39, 0.29) is 11.4 Å². The Hall–Kier alpha value is -3.05. The summed E-state index contributed by atoms with van der Waals surface area (Å²) in [6.45, 7) is 3.63. The molecule has 3 atom stereocenters. The van der Waals surface area contributed by atoms with Crippen molar-refractivity contribution in [1.82, 2.24) is 20.1 Å². The zero-order valence-corrected chi connectivity index (χ0v) is 18.8. The molecule has 1 aromatic carbocycles. The molecule has 1 unspecified atom stereocenters. The molecule has 180 valence electrons. The molecule has 0 saturated carbocycles. The normalized spacial score (nSPS) is 21.8. The molecular formula is C23H25F4N7. The van der Waals surface area contributed by atoms with Crippen molar-refractivity contribution in [1.29, 1.82) is 0 Å². The van der Waals surface area contributed by atoms with Gasteiger partial charge in [-0.1, -0.05) is 12.1 Å². The predicted molar refractivity (Wildman–Crippen MR) is 121 cm³/mol. The second-order valence-electron chi connectivity index (χ2n) is 9.03. The van der Waals surface area contributed by atoms with Crippen molar-refractivity contribution in [3.8, 4) is 0 Å². The minimum Gasteiger partial charge on any atom is -0.351 e. The van der Waals surface area contributed by atoms with E-state index < -0.39 is 23.7 Å². The van der Waals surface area contributed by atoms with Crippen LogP contribution in [0.25, 0.3) is 10.8 Å². The molecule has 3 aromatic rings. The summed E-state index contributed by atoms with van der Waals surface area (Å²) < 4.78 is 54.1. The molecule has 11 heteroatoms. The highest BCUT2D eigenvalue weighted by molar-refractivity contribution is 5.94. The molecule has 0 amide bonds. The first-order chi connectivity index (χ1) is 16.1. The number of aromatic nitrogens is 3. The smallest absolute Gasteiger partial charge is 0.351 e. The van der Waals surface area contributed by atoms with Gasteiger partial charge >= 0.3 is 6.18 Å². The zero-order chi connectivity index (χ0) is 24.2. The Bertz CT molecular complexity index is 1230. The lowest BCUT2D eigenvalue weighted by atomic mass is 9.91. The fraction of sp³-hybridized carbons (Fsp3) is 0.435. The number of nitrogens with one attached hydrogen (secondary N) is 1. The molecule has 6 rings (SSSR count). The summed E-state index contributed by atoms with van der Waals surface area (Å²) in [6.07, 6.45) is -2.12. The number of nitrogens with zero attached hydrogens (tertiary/aromatic N) is 5. The number of hydrogen-bond donors (Lipinski definition) is 2. The molecule has 2 aromatic heterocycles. The first kappa shape index (κ1) is 22.7. The fourth-order valence-corrected chi connectivity index (χ4v) is 4.98. The molecule has 2 bridgehead atoms. The fourth-order valence-electron chi connectivity index (χ4n) is 4.98. The number of nitrogens with two attached hydrogens (primary N) is 1. The van der Waals surface area contributed by atoms with Crippen molar-refractivity contribution in [3.05, 3.63) is 53.1 Å². The number of fused-ring (bicyclic) bond motifs is 4. The van der Waals surface area contributed by atoms with Crippen molar-refractivity contribution >= 4 is 22.4 Å². The van der Waals surface area contributed by atoms with Crippen LogP contribution in [-0.4, -0.2) is 52.3 Å². The second-order valence-corrected chi connectivity index (χ2v) is 9.03. The van der Waals surface area contributed by atoms with Crippen LogP contribution in [0.1, 0.15) is 35.8 Å². The maximum Gasteiger partial charge on any atom is 0.419 e. The van der Waals surface area contributed by atoms with Crippen molar-refractivity contribution in [2.24, 2.45) is 5.73 Å². The van der Waals surface area contributed by atoms with Crippen molar-refractivity contribution in [3.63, 3.8) is 0 Å². The number of piperazine rings is 1. The van der Waals surface area contributed by atoms with Gasteiger partial charge in [-0.2, -0.15) is 18.3 Å². The van der Waals surface area contributed by atoms with E-state index in [9.17, 15) is 17.6 Å². The lowest BCUT2D eigenvalue weighted by Gasteiger charge is -2.50. The quantitative estimate of drug-likeness (QED) is 0.438. The summed E-state index contributed by atoms with van der Waals surface area (Å²) in [6, 6.07) is 5.76. The summed E-state index contributed by atoms with van der Waals surface area (Å²) in [4.78, 5) is 9.33. The van der Waals surface area contributed by atoms with Gasteiger partial charge in [0.15, 0.2) is 5.82 Å². The van der Waals surface area contributed by atoms with Crippen LogP contribution >= 0.6 is 0 Å². The van der Waals surface area contributed by atoms with E-state index in [4.69, 9.17) is 5.73 Å². The van der Waals surface area contributed by atoms with Crippen LogP contribution in [0.3, 0.4) is 0 Å². The lowest BCUT2D eigenvalue weighted by Crippen LogP contribution is -2.61. The topological polar surface area (TPSA) is 83.2 Å². The Morgan fingerprint density at radius 2 is 1.88 bits per heavy atom. The van der Waals surface area contributed by atoms with Crippen LogP contribution in [0.4, 0.5) is 29.2 Å². The minimum atomic E-state index is -4.82. The molecule has 0 spiro atoms. The van der Waals surface area contributed by atoms with E-state index in [1.807, 2.05) is 6.07 Å². The first-order valence-electron chi connectivity index (χ1n) is 11.1. The maximum absolute atomic E-state index is 14.6. The van der Waals surface area contributed by atoms with Crippen LogP contribution in [0.15, 0.2) is 30.5 Å². The van der Waals surface area contributed by atoms with Gasteiger partial charge in [-0.3, -0.25) is 4.90 Å². The Kier molecular flexibility index (Phi) is 5.56. The summed E-state index contributed by atoms with van der Waals surface area (Å²) in [5, 5.41) is 12.6. The van der Waals surface area contributed by atoms with Crippen LogP contribution < -0.4 is 16.0 Å². The molecule has 0 aliphatic carbocycles. The molecule has 0 radical (unpaired) electrons. The summed E-state index contributed by atoms with van der Waals surface area (Å²) in [7, 11) is 2.14. The Balaban J connectivity index is 1.50. The zero-order valence-electron chi connectivity index (χ0n) is 18.8. The monoisotopic (exact) mass is 475 g/mol. The Morgan fingerprint density at radius 1 is 1.12 bits per heavy atom. The Morgan fingerprint density at radius 3 is 2.56 bits per heavy atom. The number of piperidine rings is 2. The van der Waals surface area contributed by atoms with Crippen LogP contribution in [0.5, 0.6) is 0 Å². The van der Waals surface area contributed by atoms with Crippen LogP contribution in [-0.2, 0) is 6.18 Å². The molecule has 3 aliphatic rings. The molecular weight excluding hydrogens is 450 g/mol. The first-order valence-corrected chi connectivity index (χ1v) is 11.1. The van der Waals surface area contributed by atoms with Gasteiger partial charge in [-0.25, -0.2) is 9.37 Å². The van der Waals surface area contributed by atoms with Crippen LogP contribution in [0, 0.1) is 12.7 Å². The predicted octanol–water partition coefficient (Wildman–Crippen LogP) is 3.84. The highest BCUT2D eigenvalue weighted by atomic mass is 19.4. The van der Waals surface area contributed by atoms with E-state index >= 15 is 0 Å². The average molecular weight is 475 g/mol. The van der Waals surface area contributed by atoms with E-state index in [1.165, 1.54) is 6.07 Å². The molecule has 34 heavy (non-hydrogen) atoms. The summed E-state index contributed by atoms with van der Waals surface area (Å²) in [5.41, 5.74) is 5.08. The van der Waals surface area contributed by atoms with Gasteiger partial charge in [0.1, 0.15) is 17.8 Å². The van der Waals surface area contributed by atoms with Gasteiger partial charge in [0.25, 0.3) is 0 Å². The third kappa shape index (κ3) is 3.92. The minimum absolute atomic E-state index is 0.257. The highest BCUT2D eigenvalue weighted by Crippen LogP contribution is 2.36. The number of rotatable bonds is 4. The molecule has 3 aliphatic heterocycles. The third-order valence-corrected chi connectivity index (χ3v) is 6.89. The van der Waals surface area contributed by atoms with Gasteiger partial charge in [-0.15, -0.1) is 5.10 Å². The largest absolute Gasteiger partial charge is 0.419 e. The van der Waals surface area contributed by atoms with Gasteiger partial charge in [0.2, 0.25) is 0 Å². The van der Waals surface area contributed by atoms with E-state index in [1.54, 1.807) is 13.1 Å². The lowest BCUT2D eigenvalue weighted by molar-refractivity contribution is -0.140. The molecule has 5 heterocycles. The van der Waals surface area contributed by atoms with Gasteiger partial charge in [-0.05, 0) is 38.9 Å². The number of alkyl halides is 3. The number of benzene rings is 1. The number of likely N-dealkylation sites (N-methyl/N-ethyl adjacent to an activating group) is 1. The Labute approximate surface area is 194 Å². The van der Waals surface area contributed by atoms with Gasteiger partial charge in [0.05, 0.1) is 11.3 Å². The third-order valence-electron chi connectivity index (χ3n) is 6.89.